The minimum atomic E-state index is -3.93. The topological polar surface area (TPSA) is 115 Å². The lowest BCUT2D eigenvalue weighted by Gasteiger charge is -2.11. The number of primary amides is 1. The largest absolute Gasteiger partial charge is 0.478 e. The van der Waals surface area contributed by atoms with E-state index in [1.807, 2.05) is 0 Å². The Hall–Kier alpha value is -1.96. The molecule has 0 saturated carbocycles. The summed E-state index contributed by atoms with van der Waals surface area (Å²) < 4.78 is 37.7. The minimum Gasteiger partial charge on any atom is -0.478 e. The maximum atomic E-state index is 13.6. The maximum absolute atomic E-state index is 13.6. The molecular weight excluding hydrogens is 289 g/mol. The van der Waals surface area contributed by atoms with Gasteiger partial charge in [-0.3, -0.25) is 4.79 Å². The number of sulfone groups is 1. The predicted molar refractivity (Wildman–Crippen MR) is 68.5 cm³/mol. The summed E-state index contributed by atoms with van der Waals surface area (Å²) in [6.45, 7) is 2.60. The molecule has 1 unspecified atom stereocenters. The highest BCUT2D eigenvalue weighted by Crippen LogP contribution is 2.21. The molecule has 110 valence electrons. The predicted octanol–water partition coefficient (Wildman–Crippen LogP) is 0.727. The molecule has 0 spiro atoms. The molecule has 1 atom stereocenters. The van der Waals surface area contributed by atoms with Crippen LogP contribution in [0.2, 0.25) is 0 Å². The van der Waals surface area contributed by atoms with Gasteiger partial charge in [-0.1, -0.05) is 6.92 Å². The molecule has 1 amide bonds. The van der Waals surface area contributed by atoms with Gasteiger partial charge in [0.15, 0.2) is 9.84 Å². The van der Waals surface area contributed by atoms with Crippen LogP contribution in [-0.4, -0.2) is 31.2 Å². The zero-order valence-corrected chi connectivity index (χ0v) is 11.7. The normalized spacial score (nSPS) is 12.9. The number of aryl methyl sites for hydroxylation is 1. The van der Waals surface area contributed by atoms with E-state index in [9.17, 15) is 22.4 Å². The Kier molecular flexibility index (Phi) is 4.49. The molecule has 0 heterocycles. The summed E-state index contributed by atoms with van der Waals surface area (Å²) in [5.74, 6) is -4.83. The number of rotatable bonds is 5. The summed E-state index contributed by atoms with van der Waals surface area (Å²) in [6, 6.07) is 1.78. The van der Waals surface area contributed by atoms with E-state index in [2.05, 4.69) is 0 Å². The van der Waals surface area contributed by atoms with Crippen LogP contribution < -0.4 is 5.73 Å². The first-order valence-corrected chi connectivity index (χ1v) is 7.27. The summed E-state index contributed by atoms with van der Waals surface area (Å²) in [4.78, 5) is 21.4. The van der Waals surface area contributed by atoms with Crippen LogP contribution in [0.3, 0.4) is 0 Å². The fraction of sp³-hybridized carbons (Fsp3) is 0.333. The highest BCUT2D eigenvalue weighted by atomic mass is 32.2. The van der Waals surface area contributed by atoms with Crippen molar-refractivity contribution < 1.29 is 27.5 Å². The van der Waals surface area contributed by atoms with Crippen molar-refractivity contribution in [3.05, 3.63) is 29.1 Å². The first-order chi connectivity index (χ1) is 9.06. The fourth-order valence-corrected chi connectivity index (χ4v) is 3.25. The van der Waals surface area contributed by atoms with Gasteiger partial charge in [-0.2, -0.15) is 0 Å². The number of amides is 1. The van der Waals surface area contributed by atoms with Crippen molar-refractivity contribution in [2.45, 2.75) is 18.7 Å². The number of hydrogen-bond acceptors (Lipinski definition) is 4. The molecule has 1 aromatic carbocycles. The first-order valence-electron chi connectivity index (χ1n) is 5.61. The van der Waals surface area contributed by atoms with Crippen molar-refractivity contribution in [1.29, 1.82) is 0 Å². The number of hydrogen-bond donors (Lipinski definition) is 2. The molecule has 0 aliphatic rings. The fourth-order valence-electron chi connectivity index (χ4n) is 1.58. The second-order valence-electron chi connectivity index (χ2n) is 4.49. The minimum absolute atomic E-state index is 0.102. The number of carbonyl (C=O) groups is 2. The Morgan fingerprint density at radius 1 is 1.40 bits per heavy atom. The summed E-state index contributed by atoms with van der Waals surface area (Å²) >= 11 is 0. The van der Waals surface area contributed by atoms with Gasteiger partial charge in [0.2, 0.25) is 5.91 Å². The number of carbonyl (C=O) groups excluding carboxylic acids is 1. The van der Waals surface area contributed by atoms with Gasteiger partial charge in [0.05, 0.1) is 16.2 Å². The monoisotopic (exact) mass is 303 g/mol. The molecule has 6 nitrogen and oxygen atoms in total. The van der Waals surface area contributed by atoms with Gasteiger partial charge in [0, 0.05) is 5.92 Å². The SMILES string of the molecule is Cc1cc(S(=O)(=O)CC(C)C(N)=O)cc(C(=O)O)c1F. The number of carboxylic acids is 1. The lowest BCUT2D eigenvalue weighted by Crippen LogP contribution is -2.27. The van der Waals surface area contributed by atoms with E-state index in [0.717, 1.165) is 12.1 Å². The molecule has 3 N–H and O–H groups in total. The molecule has 0 aliphatic carbocycles. The molecule has 20 heavy (non-hydrogen) atoms. The molecule has 0 aromatic heterocycles. The zero-order chi connectivity index (χ0) is 15.7. The van der Waals surface area contributed by atoms with Crippen LogP contribution in [-0.2, 0) is 14.6 Å². The summed E-state index contributed by atoms with van der Waals surface area (Å²) in [5.41, 5.74) is 4.17. The van der Waals surface area contributed by atoms with E-state index >= 15 is 0 Å². The van der Waals surface area contributed by atoms with Crippen molar-refractivity contribution in [3.63, 3.8) is 0 Å². The van der Waals surface area contributed by atoms with E-state index in [-0.39, 0.29) is 10.5 Å². The van der Waals surface area contributed by atoms with Crippen LogP contribution >= 0.6 is 0 Å². The standard InChI is InChI=1S/C12H14FNO5S/c1-6-3-8(4-9(10(6)13)12(16)17)20(18,19)5-7(2)11(14)15/h3-4,7H,5H2,1-2H3,(H2,14,15)(H,16,17). The van der Waals surface area contributed by atoms with Gasteiger partial charge >= 0.3 is 5.97 Å². The van der Waals surface area contributed by atoms with Crippen molar-refractivity contribution in [1.82, 2.24) is 0 Å². The van der Waals surface area contributed by atoms with E-state index in [1.165, 1.54) is 13.8 Å². The van der Waals surface area contributed by atoms with Crippen LogP contribution in [0.5, 0.6) is 0 Å². The second kappa shape index (κ2) is 5.58. The Morgan fingerprint density at radius 2 is 1.95 bits per heavy atom. The Bertz CT molecular complexity index is 669. The molecule has 0 radical (unpaired) electrons. The second-order valence-corrected chi connectivity index (χ2v) is 6.53. The maximum Gasteiger partial charge on any atom is 0.338 e. The first kappa shape index (κ1) is 16.1. The van der Waals surface area contributed by atoms with Gasteiger partial charge in [-0.05, 0) is 24.6 Å². The molecule has 1 aromatic rings. The average Bonchev–Trinajstić information content (AvgIpc) is 2.31. The lowest BCUT2D eigenvalue weighted by atomic mass is 10.1. The summed E-state index contributed by atoms with van der Waals surface area (Å²) in [6.07, 6.45) is 0. The number of nitrogens with two attached hydrogens (primary N) is 1. The molecule has 1 rings (SSSR count). The highest BCUT2D eigenvalue weighted by Gasteiger charge is 2.25. The van der Waals surface area contributed by atoms with Crippen LogP contribution in [0, 0.1) is 18.7 Å². The molecule has 0 aliphatic heterocycles. The number of aromatic carboxylic acids is 1. The van der Waals surface area contributed by atoms with E-state index in [4.69, 9.17) is 10.8 Å². The van der Waals surface area contributed by atoms with Gasteiger partial charge in [0.25, 0.3) is 0 Å². The molecule has 0 fully saturated rings. The third kappa shape index (κ3) is 3.32. The van der Waals surface area contributed by atoms with Gasteiger partial charge < -0.3 is 10.8 Å². The van der Waals surface area contributed by atoms with Crippen molar-refractivity contribution in [2.24, 2.45) is 11.7 Å². The van der Waals surface area contributed by atoms with Crippen molar-refractivity contribution in [3.8, 4) is 0 Å². The van der Waals surface area contributed by atoms with Crippen LogP contribution in [0.1, 0.15) is 22.8 Å². The zero-order valence-electron chi connectivity index (χ0n) is 10.9. The van der Waals surface area contributed by atoms with Crippen LogP contribution in [0.25, 0.3) is 0 Å². The van der Waals surface area contributed by atoms with E-state index < -0.39 is 44.8 Å². The molecule has 0 bridgehead atoms. The Labute approximate surface area is 115 Å². The number of benzene rings is 1. The van der Waals surface area contributed by atoms with E-state index in [0.29, 0.717) is 0 Å². The highest BCUT2D eigenvalue weighted by molar-refractivity contribution is 7.91. The smallest absolute Gasteiger partial charge is 0.338 e. The molecule has 8 heteroatoms. The van der Waals surface area contributed by atoms with Crippen LogP contribution in [0.4, 0.5) is 4.39 Å². The van der Waals surface area contributed by atoms with Crippen molar-refractivity contribution >= 4 is 21.7 Å². The van der Waals surface area contributed by atoms with E-state index in [1.54, 1.807) is 0 Å². The number of halogens is 1. The number of carboxylic acid groups (broad SMARTS) is 1. The quantitative estimate of drug-likeness (QED) is 0.778. The average molecular weight is 303 g/mol. The summed E-state index contributed by atoms with van der Waals surface area (Å²) in [7, 11) is -3.93. The molecular formula is C12H14FNO5S. The van der Waals surface area contributed by atoms with Gasteiger partial charge in [-0.15, -0.1) is 0 Å². The van der Waals surface area contributed by atoms with Crippen LogP contribution in [0.15, 0.2) is 17.0 Å². The lowest BCUT2D eigenvalue weighted by molar-refractivity contribution is -0.120. The Morgan fingerprint density at radius 3 is 2.40 bits per heavy atom. The van der Waals surface area contributed by atoms with Gasteiger partial charge in [-0.25, -0.2) is 17.6 Å². The molecule has 0 saturated heterocycles. The third-order valence-electron chi connectivity index (χ3n) is 2.77. The van der Waals surface area contributed by atoms with Gasteiger partial charge in [0.1, 0.15) is 5.82 Å². The summed E-state index contributed by atoms with van der Waals surface area (Å²) in [5, 5.41) is 8.84. The Balaban J connectivity index is 3.33. The third-order valence-corrected chi connectivity index (χ3v) is 4.67. The van der Waals surface area contributed by atoms with Crippen molar-refractivity contribution in [2.75, 3.05) is 5.75 Å².